The Balaban J connectivity index is 1.54. The van der Waals surface area contributed by atoms with E-state index in [-0.39, 0.29) is 20.2 Å². The molecular weight excluding hydrogens is 344 g/mol. The molecule has 26 heavy (non-hydrogen) atoms. The minimum Gasteiger partial charge on any atom is -0.489 e. The van der Waals surface area contributed by atoms with Crippen molar-refractivity contribution in [3.63, 3.8) is 0 Å². The lowest BCUT2D eigenvalue weighted by Gasteiger charge is -2.47. The second-order valence-corrected chi connectivity index (χ2v) is 6.56. The van der Waals surface area contributed by atoms with Crippen molar-refractivity contribution in [1.82, 2.24) is 0 Å². The quantitative estimate of drug-likeness (QED) is 0.726. The molecule has 0 saturated carbocycles. The van der Waals surface area contributed by atoms with E-state index >= 15 is 0 Å². The second-order valence-electron chi connectivity index (χ2n) is 6.56. The van der Waals surface area contributed by atoms with Crippen molar-refractivity contribution in [3.05, 3.63) is 35.4 Å². The Morgan fingerprint density at radius 2 is 1.62 bits per heavy atom. The van der Waals surface area contributed by atoms with E-state index < -0.39 is 17.8 Å². The van der Waals surface area contributed by atoms with Crippen molar-refractivity contribution < 1.29 is 38.6 Å². The molecule has 0 unspecified atom stereocenters. The Bertz CT molecular complexity index is 941. The molecule has 8 heteroatoms. The van der Waals surface area contributed by atoms with Gasteiger partial charge in [-0.1, -0.05) is 0 Å². The van der Waals surface area contributed by atoms with Crippen LogP contribution in [-0.4, -0.2) is 36.5 Å². The van der Waals surface area contributed by atoms with Crippen LogP contribution < -0.4 is 28.4 Å². The minimum absolute atomic E-state index is 0.0597. The van der Waals surface area contributed by atoms with Crippen LogP contribution in [0.1, 0.15) is 17.2 Å². The van der Waals surface area contributed by atoms with Crippen LogP contribution in [0.4, 0.5) is 0 Å². The summed E-state index contributed by atoms with van der Waals surface area (Å²) in [6, 6.07) is 6.66. The predicted octanol–water partition coefficient (Wildman–Crippen LogP) is 1.22. The largest absolute Gasteiger partial charge is 0.489 e. The number of aliphatic hydroxyl groups excluding tert-OH is 1. The van der Waals surface area contributed by atoms with Gasteiger partial charge in [0, 0.05) is 17.2 Å². The molecule has 134 valence electrons. The van der Waals surface area contributed by atoms with Crippen LogP contribution in [0, 0.1) is 0 Å². The Labute approximate surface area is 147 Å². The van der Waals surface area contributed by atoms with Crippen molar-refractivity contribution in [1.29, 1.82) is 0 Å². The van der Waals surface area contributed by atoms with Gasteiger partial charge >= 0.3 is 0 Å². The van der Waals surface area contributed by atoms with E-state index in [1.54, 1.807) is 24.3 Å². The summed E-state index contributed by atoms with van der Waals surface area (Å²) >= 11 is 0. The monoisotopic (exact) mass is 358 g/mol. The molecule has 2 aromatic rings. The lowest BCUT2D eigenvalue weighted by Crippen LogP contribution is -2.55. The lowest BCUT2D eigenvalue weighted by atomic mass is 9.76. The number of aliphatic hydroxyl groups is 2. The smallest absolute Gasteiger partial charge is 0.231 e. The molecular formula is C18H14O8. The SMILES string of the molecule is O[C@@H]1c2ccc3c(c2O[C@@H]2COc4cc5c(cc4[C@]12O)OCO5)OCO3. The van der Waals surface area contributed by atoms with Gasteiger partial charge in [-0.25, -0.2) is 0 Å². The highest BCUT2D eigenvalue weighted by Gasteiger charge is 2.56. The topological polar surface area (TPSA) is 95.8 Å². The Morgan fingerprint density at radius 3 is 2.50 bits per heavy atom. The third kappa shape index (κ3) is 1.61. The van der Waals surface area contributed by atoms with Gasteiger partial charge in [0.2, 0.25) is 19.3 Å². The standard InChI is InChI=1S/C18H14O8/c19-17-8-1-2-10-16(25-7-22-10)15(8)26-14-5-21-11-4-13-12(23-6-24-13)3-9(11)18(14,17)20/h1-4,14,17,19-20H,5-7H2/t14-,17-,18-/m1/s1. The fourth-order valence-electron chi connectivity index (χ4n) is 3.95. The number of benzene rings is 2. The third-order valence-electron chi connectivity index (χ3n) is 5.28. The lowest BCUT2D eigenvalue weighted by molar-refractivity contribution is -0.179. The molecule has 0 aromatic heterocycles. The summed E-state index contributed by atoms with van der Waals surface area (Å²) in [7, 11) is 0. The molecule has 0 radical (unpaired) electrons. The zero-order valence-electron chi connectivity index (χ0n) is 13.4. The maximum Gasteiger partial charge on any atom is 0.231 e. The minimum atomic E-state index is -1.70. The summed E-state index contributed by atoms with van der Waals surface area (Å²) in [5.41, 5.74) is -0.873. The molecule has 0 saturated heterocycles. The summed E-state index contributed by atoms with van der Waals surface area (Å²) < 4.78 is 33.4. The van der Waals surface area contributed by atoms with E-state index in [1.165, 1.54) is 0 Å². The van der Waals surface area contributed by atoms with Crippen LogP contribution >= 0.6 is 0 Å². The van der Waals surface area contributed by atoms with Gasteiger partial charge in [-0.3, -0.25) is 0 Å². The van der Waals surface area contributed by atoms with E-state index in [4.69, 9.17) is 28.4 Å². The van der Waals surface area contributed by atoms with Gasteiger partial charge in [-0.2, -0.15) is 0 Å². The first kappa shape index (κ1) is 14.3. The summed E-state index contributed by atoms with van der Waals surface area (Å²) in [6.07, 6.45) is -2.07. The highest BCUT2D eigenvalue weighted by molar-refractivity contribution is 5.62. The maximum atomic E-state index is 11.5. The van der Waals surface area contributed by atoms with Crippen LogP contribution in [0.25, 0.3) is 0 Å². The predicted molar refractivity (Wildman–Crippen MR) is 83.9 cm³/mol. The summed E-state index contributed by atoms with van der Waals surface area (Å²) in [5.74, 6) is 2.81. The molecule has 4 heterocycles. The van der Waals surface area contributed by atoms with E-state index in [0.29, 0.717) is 45.6 Å². The van der Waals surface area contributed by atoms with Crippen molar-refractivity contribution in [2.75, 3.05) is 20.2 Å². The average Bonchev–Trinajstić information content (AvgIpc) is 3.30. The molecule has 8 nitrogen and oxygen atoms in total. The molecule has 0 amide bonds. The fraction of sp³-hybridized carbons (Fsp3) is 0.333. The Kier molecular flexibility index (Phi) is 2.57. The van der Waals surface area contributed by atoms with Gasteiger partial charge < -0.3 is 38.6 Å². The van der Waals surface area contributed by atoms with Gasteiger partial charge in [0.25, 0.3) is 0 Å². The molecule has 0 aliphatic carbocycles. The Morgan fingerprint density at radius 1 is 0.846 bits per heavy atom. The average molecular weight is 358 g/mol. The van der Waals surface area contributed by atoms with Gasteiger partial charge in [-0.15, -0.1) is 0 Å². The number of ether oxygens (including phenoxy) is 6. The molecule has 3 atom stereocenters. The molecule has 0 bridgehead atoms. The zero-order chi connectivity index (χ0) is 17.5. The van der Waals surface area contributed by atoms with E-state index in [0.717, 1.165) is 0 Å². The Hall–Kier alpha value is -2.84. The first-order valence-corrected chi connectivity index (χ1v) is 8.23. The number of rotatable bonds is 0. The molecule has 6 rings (SSSR count). The number of fused-ring (bicyclic) bond motifs is 7. The molecule has 0 spiro atoms. The zero-order valence-corrected chi connectivity index (χ0v) is 13.4. The highest BCUT2D eigenvalue weighted by Crippen LogP contribution is 2.57. The second kappa shape index (κ2) is 4.66. The molecule has 2 aromatic carbocycles. The van der Waals surface area contributed by atoms with Crippen molar-refractivity contribution in [2.45, 2.75) is 17.8 Å². The first-order chi connectivity index (χ1) is 12.7. The molecule has 4 aliphatic rings. The summed E-state index contributed by atoms with van der Waals surface area (Å²) in [4.78, 5) is 0. The summed E-state index contributed by atoms with van der Waals surface area (Å²) in [5, 5.41) is 22.6. The molecule has 4 aliphatic heterocycles. The van der Waals surface area contributed by atoms with Crippen molar-refractivity contribution >= 4 is 0 Å². The van der Waals surface area contributed by atoms with Gasteiger partial charge in [0.15, 0.2) is 34.7 Å². The van der Waals surface area contributed by atoms with Crippen LogP contribution in [0.3, 0.4) is 0 Å². The normalized spacial score (nSPS) is 29.2. The van der Waals surface area contributed by atoms with Crippen LogP contribution in [0.2, 0.25) is 0 Å². The number of hydrogen-bond acceptors (Lipinski definition) is 8. The summed E-state index contributed by atoms with van der Waals surface area (Å²) in [6.45, 7) is 0.249. The van der Waals surface area contributed by atoms with E-state index in [1.807, 2.05) is 0 Å². The fourth-order valence-corrected chi connectivity index (χ4v) is 3.95. The van der Waals surface area contributed by atoms with Crippen molar-refractivity contribution in [3.8, 4) is 34.5 Å². The third-order valence-corrected chi connectivity index (χ3v) is 5.28. The molecule has 2 N–H and O–H groups in total. The van der Waals surface area contributed by atoms with Crippen LogP contribution in [0.5, 0.6) is 34.5 Å². The number of hydrogen-bond donors (Lipinski definition) is 2. The van der Waals surface area contributed by atoms with E-state index in [9.17, 15) is 10.2 Å². The van der Waals surface area contributed by atoms with Crippen LogP contribution in [-0.2, 0) is 5.60 Å². The van der Waals surface area contributed by atoms with Crippen molar-refractivity contribution in [2.24, 2.45) is 0 Å². The highest BCUT2D eigenvalue weighted by atomic mass is 16.7. The van der Waals surface area contributed by atoms with Crippen LogP contribution in [0.15, 0.2) is 24.3 Å². The maximum absolute atomic E-state index is 11.5. The molecule has 0 fully saturated rings. The van der Waals surface area contributed by atoms with Gasteiger partial charge in [-0.05, 0) is 18.2 Å². The van der Waals surface area contributed by atoms with Gasteiger partial charge in [0.05, 0.1) is 0 Å². The first-order valence-electron chi connectivity index (χ1n) is 8.23. The van der Waals surface area contributed by atoms with E-state index in [2.05, 4.69) is 0 Å². The van der Waals surface area contributed by atoms with Gasteiger partial charge in [0.1, 0.15) is 18.5 Å².